The van der Waals surface area contributed by atoms with Crippen LogP contribution in [0.5, 0.6) is 0 Å². The molecule has 2 fully saturated rings. The van der Waals surface area contributed by atoms with Crippen LogP contribution in [0.4, 0.5) is 4.39 Å². The van der Waals surface area contributed by atoms with E-state index in [-0.39, 0.29) is 11.7 Å². The highest BCUT2D eigenvalue weighted by atomic mass is 19.1. The molecular weight excluding hydrogens is 247 g/mol. The van der Waals surface area contributed by atoms with E-state index in [0.29, 0.717) is 18.7 Å². The van der Waals surface area contributed by atoms with E-state index in [2.05, 4.69) is 10.6 Å². The second kappa shape index (κ2) is 4.90. The zero-order valence-electron chi connectivity index (χ0n) is 10.6. The van der Waals surface area contributed by atoms with E-state index < -0.39 is 11.6 Å². The van der Waals surface area contributed by atoms with Gasteiger partial charge >= 0.3 is 0 Å². The Labute approximate surface area is 111 Å². The summed E-state index contributed by atoms with van der Waals surface area (Å²) in [5.41, 5.74) is 0.0515. The summed E-state index contributed by atoms with van der Waals surface area (Å²) in [7, 11) is 0. The van der Waals surface area contributed by atoms with Gasteiger partial charge in [-0.1, -0.05) is 18.2 Å². The molecule has 3 rings (SSSR count). The fraction of sp³-hybridized carbons (Fsp3) is 0.500. The van der Waals surface area contributed by atoms with Crippen molar-refractivity contribution in [2.24, 2.45) is 0 Å². The minimum atomic E-state index is -0.525. The summed E-state index contributed by atoms with van der Waals surface area (Å²) in [6.45, 7) is 1.81. The van der Waals surface area contributed by atoms with Gasteiger partial charge in [-0.2, -0.15) is 0 Å². The number of amides is 1. The van der Waals surface area contributed by atoms with E-state index in [4.69, 9.17) is 4.74 Å². The maximum atomic E-state index is 13.8. The Morgan fingerprint density at radius 2 is 2.21 bits per heavy atom. The van der Waals surface area contributed by atoms with E-state index in [1.165, 1.54) is 6.07 Å². The first kappa shape index (κ1) is 12.6. The molecule has 0 unspecified atom stereocenters. The smallest absolute Gasteiger partial charge is 0.251 e. The standard InChI is InChI=1S/C14H17FN2O2/c15-11-4-2-1-3-10(11)14(5-6-14)17-13(18)12-9-16-7-8-19-12/h1-4,12,16H,5-9H2,(H,17,18)/t12-/m0/s1. The molecule has 102 valence electrons. The molecule has 5 heteroatoms. The molecule has 0 bridgehead atoms. The summed E-state index contributed by atoms with van der Waals surface area (Å²) in [4.78, 5) is 12.1. The highest BCUT2D eigenvalue weighted by Crippen LogP contribution is 2.46. The SMILES string of the molecule is O=C(NC1(c2ccccc2F)CC1)[C@@H]1CNCCO1. The third-order valence-corrected chi connectivity index (χ3v) is 3.72. The Hall–Kier alpha value is -1.46. The molecule has 1 aromatic rings. The van der Waals surface area contributed by atoms with Gasteiger partial charge in [0.15, 0.2) is 0 Å². The van der Waals surface area contributed by atoms with E-state index in [9.17, 15) is 9.18 Å². The number of rotatable bonds is 3. The van der Waals surface area contributed by atoms with Gasteiger partial charge in [0.1, 0.15) is 11.9 Å². The predicted octanol–water partition coefficient (Wildman–Crippen LogP) is 0.919. The van der Waals surface area contributed by atoms with Crippen molar-refractivity contribution in [1.82, 2.24) is 10.6 Å². The van der Waals surface area contributed by atoms with Crippen LogP contribution >= 0.6 is 0 Å². The van der Waals surface area contributed by atoms with Gasteiger partial charge in [0.25, 0.3) is 5.91 Å². The Morgan fingerprint density at radius 1 is 1.42 bits per heavy atom. The summed E-state index contributed by atoms with van der Waals surface area (Å²) in [5, 5.41) is 6.06. The lowest BCUT2D eigenvalue weighted by Crippen LogP contribution is -2.50. The lowest BCUT2D eigenvalue weighted by Gasteiger charge is -2.26. The Morgan fingerprint density at radius 3 is 2.84 bits per heavy atom. The normalized spacial score (nSPS) is 24.8. The molecule has 0 radical (unpaired) electrons. The van der Waals surface area contributed by atoms with Gasteiger partial charge in [-0.05, 0) is 18.9 Å². The lowest BCUT2D eigenvalue weighted by molar-refractivity contribution is -0.135. The van der Waals surface area contributed by atoms with Crippen molar-refractivity contribution in [3.05, 3.63) is 35.6 Å². The van der Waals surface area contributed by atoms with Crippen molar-refractivity contribution in [2.45, 2.75) is 24.5 Å². The minimum absolute atomic E-state index is 0.159. The third-order valence-electron chi connectivity index (χ3n) is 3.72. The molecule has 1 heterocycles. The average Bonchev–Trinajstić information content (AvgIpc) is 3.21. The molecule has 2 N–H and O–H groups in total. The molecule has 1 aliphatic carbocycles. The molecule has 2 aliphatic rings. The van der Waals surface area contributed by atoms with Gasteiger partial charge in [0.05, 0.1) is 12.1 Å². The topological polar surface area (TPSA) is 50.4 Å². The van der Waals surface area contributed by atoms with Crippen molar-refractivity contribution >= 4 is 5.91 Å². The van der Waals surface area contributed by atoms with Crippen LogP contribution in [0, 0.1) is 5.82 Å². The third kappa shape index (κ3) is 2.48. The number of carbonyl (C=O) groups is 1. The van der Waals surface area contributed by atoms with Crippen LogP contribution in [0.1, 0.15) is 18.4 Å². The number of halogens is 1. The summed E-state index contributed by atoms with van der Waals surface area (Å²) in [5.74, 6) is -0.420. The van der Waals surface area contributed by atoms with Gasteiger partial charge in [0, 0.05) is 18.7 Å². The Balaban J connectivity index is 1.72. The maximum absolute atomic E-state index is 13.8. The molecule has 0 spiro atoms. The first-order chi connectivity index (χ1) is 9.21. The van der Waals surface area contributed by atoms with Gasteiger partial charge in [0.2, 0.25) is 0 Å². The van der Waals surface area contributed by atoms with Gasteiger partial charge in [-0.3, -0.25) is 4.79 Å². The van der Waals surface area contributed by atoms with E-state index >= 15 is 0 Å². The minimum Gasteiger partial charge on any atom is -0.366 e. The first-order valence-electron chi connectivity index (χ1n) is 6.61. The Kier molecular flexibility index (Phi) is 3.24. The number of morpholine rings is 1. The van der Waals surface area contributed by atoms with Crippen LogP contribution in [0.25, 0.3) is 0 Å². The maximum Gasteiger partial charge on any atom is 0.251 e. The first-order valence-corrected chi connectivity index (χ1v) is 6.61. The predicted molar refractivity (Wildman–Crippen MR) is 68.1 cm³/mol. The highest BCUT2D eigenvalue weighted by Gasteiger charge is 2.48. The largest absolute Gasteiger partial charge is 0.366 e. The monoisotopic (exact) mass is 264 g/mol. The van der Waals surface area contributed by atoms with E-state index in [0.717, 1.165) is 19.4 Å². The van der Waals surface area contributed by atoms with Crippen LogP contribution < -0.4 is 10.6 Å². The fourth-order valence-electron chi connectivity index (χ4n) is 2.49. The lowest BCUT2D eigenvalue weighted by atomic mass is 10.0. The molecule has 1 aliphatic heterocycles. The molecule has 0 aromatic heterocycles. The van der Waals surface area contributed by atoms with E-state index in [1.807, 2.05) is 0 Å². The van der Waals surface area contributed by atoms with Crippen molar-refractivity contribution in [3.63, 3.8) is 0 Å². The van der Waals surface area contributed by atoms with Gasteiger partial charge < -0.3 is 15.4 Å². The zero-order valence-corrected chi connectivity index (χ0v) is 10.6. The van der Waals surface area contributed by atoms with Crippen LogP contribution in [-0.4, -0.2) is 31.7 Å². The highest BCUT2D eigenvalue weighted by molar-refractivity contribution is 5.82. The van der Waals surface area contributed by atoms with Crippen LogP contribution in [0.2, 0.25) is 0 Å². The zero-order chi connectivity index (χ0) is 13.3. The molecule has 1 saturated heterocycles. The molecule has 4 nitrogen and oxygen atoms in total. The van der Waals surface area contributed by atoms with Crippen LogP contribution in [0.15, 0.2) is 24.3 Å². The number of hydrogen-bond donors (Lipinski definition) is 2. The number of benzene rings is 1. The molecule has 1 amide bonds. The fourth-order valence-corrected chi connectivity index (χ4v) is 2.49. The molecular formula is C14H17FN2O2. The number of carbonyl (C=O) groups excluding carboxylic acids is 1. The van der Waals surface area contributed by atoms with E-state index in [1.54, 1.807) is 18.2 Å². The summed E-state index contributed by atoms with van der Waals surface area (Å²) < 4.78 is 19.2. The summed E-state index contributed by atoms with van der Waals surface area (Å²) >= 11 is 0. The number of nitrogens with one attached hydrogen (secondary N) is 2. The molecule has 1 saturated carbocycles. The van der Waals surface area contributed by atoms with Crippen LogP contribution in [0.3, 0.4) is 0 Å². The molecule has 1 atom stereocenters. The van der Waals surface area contributed by atoms with Gasteiger partial charge in [-0.25, -0.2) is 4.39 Å². The second-order valence-corrected chi connectivity index (χ2v) is 5.11. The molecule has 1 aromatic carbocycles. The number of ether oxygens (including phenoxy) is 1. The number of hydrogen-bond acceptors (Lipinski definition) is 3. The summed E-state index contributed by atoms with van der Waals surface area (Å²) in [6.07, 6.45) is 1.08. The van der Waals surface area contributed by atoms with Crippen LogP contribution in [-0.2, 0) is 15.1 Å². The van der Waals surface area contributed by atoms with Gasteiger partial charge in [-0.15, -0.1) is 0 Å². The molecule has 19 heavy (non-hydrogen) atoms. The van der Waals surface area contributed by atoms with Crippen molar-refractivity contribution < 1.29 is 13.9 Å². The average molecular weight is 264 g/mol. The quantitative estimate of drug-likeness (QED) is 0.853. The Bertz CT molecular complexity index is 482. The van der Waals surface area contributed by atoms with Crippen molar-refractivity contribution in [1.29, 1.82) is 0 Å². The van der Waals surface area contributed by atoms with Crippen molar-refractivity contribution in [3.8, 4) is 0 Å². The second-order valence-electron chi connectivity index (χ2n) is 5.11. The summed E-state index contributed by atoms with van der Waals surface area (Å²) in [6, 6.07) is 6.62. The van der Waals surface area contributed by atoms with Crippen molar-refractivity contribution in [2.75, 3.05) is 19.7 Å².